The first-order chi connectivity index (χ1) is 16.8. The van der Waals surface area contributed by atoms with E-state index in [2.05, 4.69) is 6.07 Å². The molecule has 1 saturated heterocycles. The Labute approximate surface area is 206 Å². The highest BCUT2D eigenvalue weighted by atomic mass is 32.2. The Morgan fingerprint density at radius 2 is 1.86 bits per heavy atom. The maximum atomic E-state index is 13.9. The highest BCUT2D eigenvalue weighted by Crippen LogP contribution is 2.42. The molecule has 4 rings (SSSR count). The van der Waals surface area contributed by atoms with E-state index in [1.807, 2.05) is 61.5 Å². The molecule has 2 atom stereocenters. The van der Waals surface area contributed by atoms with Gasteiger partial charge in [-0.15, -0.1) is 0 Å². The number of sulfonamides is 1. The number of benzene rings is 3. The van der Waals surface area contributed by atoms with Crippen molar-refractivity contribution >= 4 is 26.8 Å². The van der Waals surface area contributed by atoms with Crippen LogP contribution in [0.2, 0.25) is 0 Å². The van der Waals surface area contributed by atoms with Crippen molar-refractivity contribution in [2.24, 2.45) is 5.92 Å². The maximum absolute atomic E-state index is 13.9. The second kappa shape index (κ2) is 10.6. The van der Waals surface area contributed by atoms with Crippen LogP contribution in [0, 0.1) is 12.8 Å². The van der Waals surface area contributed by atoms with Crippen molar-refractivity contribution in [1.82, 2.24) is 4.31 Å². The summed E-state index contributed by atoms with van der Waals surface area (Å²) in [7, 11) is -2.09. The van der Waals surface area contributed by atoms with Crippen LogP contribution < -0.4 is 4.74 Å². The zero-order chi connectivity index (χ0) is 25.0. The van der Waals surface area contributed by atoms with E-state index >= 15 is 0 Å². The highest BCUT2D eigenvalue weighted by Gasteiger charge is 2.41. The molecule has 184 valence electrons. The Morgan fingerprint density at radius 3 is 2.63 bits per heavy atom. The van der Waals surface area contributed by atoms with E-state index in [0.717, 1.165) is 27.6 Å². The van der Waals surface area contributed by atoms with E-state index in [9.17, 15) is 13.2 Å². The topological polar surface area (TPSA) is 83.9 Å². The number of hydrogen-bond acceptors (Lipinski definition) is 4. The number of hydrogen-bond donors (Lipinski definition) is 1. The molecular formula is C28H31NO5S. The average Bonchev–Trinajstić information content (AvgIpc) is 3.28. The number of carboxylic acid groups (broad SMARTS) is 1. The molecule has 0 unspecified atom stereocenters. The van der Waals surface area contributed by atoms with Gasteiger partial charge in [-0.3, -0.25) is 4.79 Å². The van der Waals surface area contributed by atoms with E-state index in [4.69, 9.17) is 9.84 Å². The van der Waals surface area contributed by atoms with Crippen molar-refractivity contribution < 1.29 is 23.1 Å². The van der Waals surface area contributed by atoms with Crippen molar-refractivity contribution in [3.05, 3.63) is 83.9 Å². The lowest BCUT2D eigenvalue weighted by molar-refractivity contribution is -0.136. The fraction of sp³-hybridized carbons (Fsp3) is 0.321. The molecule has 1 heterocycles. The molecule has 0 aromatic heterocycles. The Morgan fingerprint density at radius 1 is 1.09 bits per heavy atom. The zero-order valence-corrected chi connectivity index (χ0v) is 20.9. The number of rotatable bonds is 9. The molecule has 35 heavy (non-hydrogen) atoms. The van der Waals surface area contributed by atoms with Gasteiger partial charge in [0.05, 0.1) is 12.0 Å². The summed E-state index contributed by atoms with van der Waals surface area (Å²) in [4.78, 5) is 11.1. The molecule has 1 N–H and O–H groups in total. The monoisotopic (exact) mass is 493 g/mol. The Balaban J connectivity index is 1.68. The molecule has 0 radical (unpaired) electrons. The second-order valence-corrected chi connectivity index (χ2v) is 11.0. The first-order valence-corrected chi connectivity index (χ1v) is 13.2. The van der Waals surface area contributed by atoms with Gasteiger partial charge in [0.25, 0.3) is 0 Å². The lowest BCUT2D eigenvalue weighted by atomic mass is 9.85. The van der Waals surface area contributed by atoms with Crippen molar-refractivity contribution in [3.63, 3.8) is 0 Å². The molecule has 1 aliphatic heterocycles. The zero-order valence-electron chi connectivity index (χ0n) is 20.1. The van der Waals surface area contributed by atoms with Gasteiger partial charge in [-0.1, -0.05) is 66.2 Å². The molecule has 0 aliphatic carbocycles. The first kappa shape index (κ1) is 24.9. The minimum Gasteiger partial charge on any atom is -0.496 e. The summed E-state index contributed by atoms with van der Waals surface area (Å²) in [6, 6.07) is 18.9. The number of aliphatic carboxylic acids is 1. The summed E-state index contributed by atoms with van der Waals surface area (Å²) in [6.07, 6.45) is 5.05. The van der Waals surface area contributed by atoms with Crippen molar-refractivity contribution in [1.29, 1.82) is 0 Å². The smallest absolute Gasteiger partial charge is 0.303 e. The van der Waals surface area contributed by atoms with Crippen LogP contribution in [0.15, 0.2) is 77.7 Å². The molecule has 7 heteroatoms. The summed E-state index contributed by atoms with van der Waals surface area (Å²) >= 11 is 0. The van der Waals surface area contributed by atoms with E-state index < -0.39 is 16.0 Å². The van der Waals surface area contributed by atoms with Crippen molar-refractivity contribution in [3.8, 4) is 5.75 Å². The van der Waals surface area contributed by atoms with Gasteiger partial charge in [0.15, 0.2) is 0 Å². The summed E-state index contributed by atoms with van der Waals surface area (Å²) < 4.78 is 34.9. The van der Waals surface area contributed by atoms with Crippen LogP contribution in [0.3, 0.4) is 0 Å². The number of aryl methyl sites for hydroxylation is 1. The summed E-state index contributed by atoms with van der Waals surface area (Å²) in [5, 5.41) is 10.5. The third-order valence-corrected chi connectivity index (χ3v) is 8.58. The van der Waals surface area contributed by atoms with E-state index in [0.29, 0.717) is 30.8 Å². The Hall–Kier alpha value is -3.16. The van der Waals surface area contributed by atoms with Crippen molar-refractivity contribution in [2.45, 2.75) is 37.0 Å². The average molecular weight is 494 g/mol. The number of nitrogens with zero attached hydrogens (tertiary/aromatic N) is 1. The molecule has 0 amide bonds. The van der Waals surface area contributed by atoms with Crippen molar-refractivity contribution in [2.75, 3.05) is 20.2 Å². The van der Waals surface area contributed by atoms with Gasteiger partial charge in [-0.2, -0.15) is 4.31 Å². The minimum atomic E-state index is -3.72. The fourth-order valence-corrected chi connectivity index (χ4v) is 6.66. The van der Waals surface area contributed by atoms with Crippen LogP contribution in [0.25, 0.3) is 10.8 Å². The van der Waals surface area contributed by atoms with Crippen LogP contribution in [0.5, 0.6) is 5.75 Å². The molecule has 1 fully saturated rings. The molecule has 6 nitrogen and oxygen atoms in total. The van der Waals surface area contributed by atoms with Gasteiger partial charge in [-0.05, 0) is 48.8 Å². The molecule has 3 aromatic carbocycles. The fourth-order valence-electron chi connectivity index (χ4n) is 4.92. The van der Waals surface area contributed by atoms with Gasteiger partial charge in [-0.25, -0.2) is 8.42 Å². The SMILES string of the molecule is COc1ccc(C)cc1[C@@H]1CN(S(=O)(=O)c2cccc3ccccc23)C[C@@H]1CC=CCCC(=O)O. The van der Waals surface area contributed by atoms with E-state index in [1.165, 1.54) is 0 Å². The molecular weight excluding hydrogens is 462 g/mol. The molecule has 0 bridgehead atoms. The number of allylic oxidation sites excluding steroid dienone is 2. The molecule has 0 saturated carbocycles. The normalized spacial score (nSPS) is 18.9. The van der Waals surface area contributed by atoms with Gasteiger partial charge in [0.1, 0.15) is 5.75 Å². The predicted octanol–water partition coefficient (Wildman–Crippen LogP) is 5.37. The number of fused-ring (bicyclic) bond motifs is 1. The number of carboxylic acids is 1. The lowest BCUT2D eigenvalue weighted by Gasteiger charge is -2.21. The summed E-state index contributed by atoms with van der Waals surface area (Å²) in [6.45, 7) is 2.76. The maximum Gasteiger partial charge on any atom is 0.303 e. The quantitative estimate of drug-likeness (QED) is 0.405. The lowest BCUT2D eigenvalue weighted by Crippen LogP contribution is -2.29. The standard InChI is InChI=1S/C28H31NO5S/c1-20-15-16-26(34-2)24(17-20)25-19-29(18-22(25)10-4-3-5-14-28(30)31)35(32,33)27-13-8-11-21-9-6-7-12-23(21)27/h3-4,6-9,11-13,15-17,22,25H,5,10,14,18-19H2,1-2H3,(H,30,31)/t22-,25+/m0/s1. The number of methoxy groups -OCH3 is 1. The number of carbonyl (C=O) groups is 1. The Kier molecular flexibility index (Phi) is 7.57. The molecule has 1 aliphatic rings. The van der Waals surface area contributed by atoms with E-state index in [1.54, 1.807) is 23.5 Å². The van der Waals surface area contributed by atoms with Gasteiger partial charge >= 0.3 is 5.97 Å². The third-order valence-electron chi connectivity index (χ3n) is 6.69. The Bertz CT molecular complexity index is 1340. The summed E-state index contributed by atoms with van der Waals surface area (Å²) in [5.74, 6) is -0.0784. The minimum absolute atomic E-state index is 0.0385. The van der Waals surface area contributed by atoms with Gasteiger partial charge in [0, 0.05) is 30.8 Å². The first-order valence-electron chi connectivity index (χ1n) is 11.8. The molecule has 0 spiro atoms. The van der Waals surface area contributed by atoms with Crippen LogP contribution >= 0.6 is 0 Å². The summed E-state index contributed by atoms with van der Waals surface area (Å²) in [5.41, 5.74) is 2.10. The van der Waals surface area contributed by atoms with Gasteiger partial charge in [0.2, 0.25) is 10.0 Å². The largest absolute Gasteiger partial charge is 0.496 e. The highest BCUT2D eigenvalue weighted by molar-refractivity contribution is 7.89. The van der Waals surface area contributed by atoms with Gasteiger partial charge < -0.3 is 9.84 Å². The van der Waals surface area contributed by atoms with E-state index in [-0.39, 0.29) is 18.3 Å². The third kappa shape index (κ3) is 5.41. The molecule has 3 aromatic rings. The second-order valence-electron chi connectivity index (χ2n) is 9.05. The van der Waals surface area contributed by atoms with Crippen LogP contribution in [0.1, 0.15) is 36.3 Å². The number of ether oxygens (including phenoxy) is 1. The predicted molar refractivity (Wildman–Crippen MR) is 137 cm³/mol. The van der Waals surface area contributed by atoms with Crippen LogP contribution in [0.4, 0.5) is 0 Å². The van der Waals surface area contributed by atoms with Crippen LogP contribution in [-0.4, -0.2) is 44.0 Å². The van der Waals surface area contributed by atoms with Crippen LogP contribution in [-0.2, 0) is 14.8 Å².